The van der Waals surface area contributed by atoms with Gasteiger partial charge >= 0.3 is 0 Å². The molecule has 0 unspecified atom stereocenters. The van der Waals surface area contributed by atoms with Crippen LogP contribution in [0.5, 0.6) is 5.75 Å². The molecule has 0 aliphatic rings. The van der Waals surface area contributed by atoms with Gasteiger partial charge in [0.25, 0.3) is 11.8 Å². The lowest BCUT2D eigenvalue weighted by atomic mass is 10.1. The van der Waals surface area contributed by atoms with Crippen molar-refractivity contribution in [1.82, 2.24) is 5.32 Å². The summed E-state index contributed by atoms with van der Waals surface area (Å²) < 4.78 is 6.48. The van der Waals surface area contributed by atoms with E-state index in [9.17, 15) is 9.59 Å². The summed E-state index contributed by atoms with van der Waals surface area (Å²) in [7, 11) is 0. The van der Waals surface area contributed by atoms with Crippen molar-refractivity contribution in [3.8, 4) is 5.75 Å². The number of benzene rings is 1. The molecule has 0 saturated carbocycles. The number of primary amides is 1. The zero-order valence-corrected chi connectivity index (χ0v) is 21.2. The summed E-state index contributed by atoms with van der Waals surface area (Å²) in [5.41, 5.74) is 7.29. The number of halogens is 1. The monoisotopic (exact) mass is 525 g/mol. The van der Waals surface area contributed by atoms with Crippen LogP contribution in [0.25, 0.3) is 0 Å². The van der Waals surface area contributed by atoms with Crippen molar-refractivity contribution in [3.05, 3.63) is 44.2 Å². The molecule has 2 amide bonds. The maximum absolute atomic E-state index is 12.6. The van der Waals surface area contributed by atoms with Crippen molar-refractivity contribution in [1.29, 1.82) is 0 Å². The maximum atomic E-state index is 12.6. The Labute approximate surface area is 201 Å². The lowest BCUT2D eigenvalue weighted by Crippen LogP contribution is -2.34. The highest BCUT2D eigenvalue weighted by molar-refractivity contribution is 9.10. The van der Waals surface area contributed by atoms with Gasteiger partial charge in [-0.2, -0.15) is 0 Å². The minimum absolute atomic E-state index is 0.101. The zero-order chi connectivity index (χ0) is 23.0. The quantitative estimate of drug-likeness (QED) is 0.278. The van der Waals surface area contributed by atoms with Crippen LogP contribution in [0.2, 0.25) is 0 Å². The van der Waals surface area contributed by atoms with Gasteiger partial charge in [0.2, 0.25) is 0 Å². The van der Waals surface area contributed by atoms with Gasteiger partial charge in [-0.1, -0.05) is 33.1 Å². The highest BCUT2D eigenvalue weighted by Gasteiger charge is 2.20. The Kier molecular flexibility index (Phi) is 9.93. The molecule has 0 aliphatic heterocycles. The number of hydrogen-bond donors (Lipinski definition) is 3. The van der Waals surface area contributed by atoms with Gasteiger partial charge in [0, 0.05) is 10.4 Å². The number of thiophene rings is 1. The minimum Gasteiger partial charge on any atom is -0.492 e. The molecule has 2 aromatic rings. The number of carbonyl (C=O) groups is 2. The summed E-state index contributed by atoms with van der Waals surface area (Å²) in [5, 5.41) is 6.23. The van der Waals surface area contributed by atoms with E-state index in [2.05, 4.69) is 33.5 Å². The number of amides is 2. The molecule has 0 radical (unpaired) electrons. The average Bonchev–Trinajstić information content (AvgIpc) is 3.03. The molecule has 1 heterocycles. The fraction of sp³-hybridized carbons (Fsp3) is 0.409. The van der Waals surface area contributed by atoms with Crippen LogP contribution >= 0.6 is 39.5 Å². The first kappa shape index (κ1) is 25.3. The molecule has 1 aromatic carbocycles. The third-order valence-corrected chi connectivity index (χ3v) is 6.60. The minimum atomic E-state index is -0.521. The van der Waals surface area contributed by atoms with E-state index in [0.29, 0.717) is 39.4 Å². The molecule has 9 heteroatoms. The van der Waals surface area contributed by atoms with E-state index in [4.69, 9.17) is 22.7 Å². The molecule has 1 aromatic heterocycles. The van der Waals surface area contributed by atoms with Gasteiger partial charge in [0.15, 0.2) is 5.11 Å². The van der Waals surface area contributed by atoms with Crippen LogP contribution in [-0.4, -0.2) is 23.5 Å². The van der Waals surface area contributed by atoms with Gasteiger partial charge in [0.05, 0.1) is 16.6 Å². The van der Waals surface area contributed by atoms with E-state index in [-0.39, 0.29) is 11.0 Å². The third kappa shape index (κ3) is 7.02. The summed E-state index contributed by atoms with van der Waals surface area (Å²) in [5.74, 6) is -0.189. The van der Waals surface area contributed by atoms with Crippen LogP contribution in [0.15, 0.2) is 22.7 Å². The predicted molar refractivity (Wildman–Crippen MR) is 134 cm³/mol. The van der Waals surface area contributed by atoms with Gasteiger partial charge in [-0.15, -0.1) is 11.3 Å². The van der Waals surface area contributed by atoms with Crippen LogP contribution < -0.4 is 21.1 Å². The summed E-state index contributed by atoms with van der Waals surface area (Å²) >= 11 is 10.1. The standard InChI is InChI=1S/C22H28BrN3O3S2/c1-4-6-7-8-11-29-17-10-9-14(12-16(17)23)20(28)25-22(30)26-21-18(19(24)27)15(5-2)13(3)31-21/h9-10,12H,4-8,11H2,1-3H3,(H2,24,27)(H2,25,26,28,30). The van der Waals surface area contributed by atoms with E-state index in [1.54, 1.807) is 18.2 Å². The molecule has 0 fully saturated rings. The number of aryl methyl sites for hydroxylation is 1. The molecular formula is C22H28BrN3O3S2. The average molecular weight is 527 g/mol. The number of thiocarbonyl (C=S) groups is 1. The van der Waals surface area contributed by atoms with Gasteiger partial charge in [-0.05, 0) is 71.7 Å². The van der Waals surface area contributed by atoms with E-state index < -0.39 is 5.91 Å². The molecule has 0 bridgehead atoms. The first-order valence-electron chi connectivity index (χ1n) is 10.2. The van der Waals surface area contributed by atoms with Crippen LogP contribution in [0.1, 0.15) is 70.7 Å². The largest absolute Gasteiger partial charge is 0.492 e. The number of nitrogens with two attached hydrogens (primary N) is 1. The van der Waals surface area contributed by atoms with Gasteiger partial charge < -0.3 is 15.8 Å². The molecule has 0 aliphatic carbocycles. The Bertz CT molecular complexity index is 960. The Morgan fingerprint density at radius 2 is 1.97 bits per heavy atom. The number of unbranched alkanes of at least 4 members (excludes halogenated alkanes) is 3. The van der Waals surface area contributed by atoms with Crippen LogP contribution in [0, 0.1) is 6.92 Å². The van der Waals surface area contributed by atoms with Crippen LogP contribution in [-0.2, 0) is 6.42 Å². The number of carbonyl (C=O) groups excluding carboxylic acids is 2. The maximum Gasteiger partial charge on any atom is 0.257 e. The fourth-order valence-electron chi connectivity index (χ4n) is 3.13. The van der Waals surface area contributed by atoms with E-state index in [0.717, 1.165) is 23.3 Å². The van der Waals surface area contributed by atoms with Crippen molar-refractivity contribution in [2.75, 3.05) is 11.9 Å². The second-order valence-corrected chi connectivity index (χ2v) is 9.51. The van der Waals surface area contributed by atoms with Crippen molar-refractivity contribution in [3.63, 3.8) is 0 Å². The molecule has 6 nitrogen and oxygen atoms in total. The molecular weight excluding hydrogens is 498 g/mol. The highest BCUT2D eigenvalue weighted by atomic mass is 79.9. The fourth-order valence-corrected chi connectivity index (χ4v) is 5.04. The van der Waals surface area contributed by atoms with Crippen LogP contribution in [0.3, 0.4) is 0 Å². The number of nitrogens with one attached hydrogen (secondary N) is 2. The molecule has 0 spiro atoms. The number of rotatable bonds is 10. The number of anilines is 1. The van der Waals surface area contributed by atoms with Gasteiger partial charge in [-0.25, -0.2) is 0 Å². The predicted octanol–water partition coefficient (Wildman–Crippen LogP) is 5.57. The highest BCUT2D eigenvalue weighted by Crippen LogP contribution is 2.33. The molecule has 168 valence electrons. The second kappa shape index (κ2) is 12.2. The summed E-state index contributed by atoms with van der Waals surface area (Å²) in [6.07, 6.45) is 5.20. The van der Waals surface area contributed by atoms with Crippen molar-refractivity contribution in [2.24, 2.45) is 5.73 Å². The van der Waals surface area contributed by atoms with E-state index in [1.165, 1.54) is 24.2 Å². The van der Waals surface area contributed by atoms with Crippen LogP contribution in [0.4, 0.5) is 5.00 Å². The summed E-state index contributed by atoms with van der Waals surface area (Å²) in [6, 6.07) is 5.14. The number of hydrogen-bond acceptors (Lipinski definition) is 5. The molecule has 4 N–H and O–H groups in total. The number of ether oxygens (including phenoxy) is 1. The third-order valence-electron chi connectivity index (χ3n) is 4.71. The van der Waals surface area contributed by atoms with E-state index >= 15 is 0 Å². The molecule has 2 rings (SSSR count). The molecule has 31 heavy (non-hydrogen) atoms. The lowest BCUT2D eigenvalue weighted by Gasteiger charge is -2.12. The zero-order valence-electron chi connectivity index (χ0n) is 18.0. The smallest absolute Gasteiger partial charge is 0.257 e. The Balaban J connectivity index is 2.00. The SMILES string of the molecule is CCCCCCOc1ccc(C(=O)NC(=S)Nc2sc(C)c(CC)c2C(N)=O)cc1Br. The van der Waals surface area contributed by atoms with Crippen molar-refractivity contribution in [2.45, 2.75) is 52.9 Å². The van der Waals surface area contributed by atoms with Gasteiger partial charge in [-0.3, -0.25) is 14.9 Å². The Hall–Kier alpha value is -1.97. The lowest BCUT2D eigenvalue weighted by molar-refractivity contribution is 0.0975. The first-order chi connectivity index (χ1) is 14.8. The van der Waals surface area contributed by atoms with Gasteiger partial charge in [0.1, 0.15) is 10.8 Å². The molecule has 0 atom stereocenters. The van der Waals surface area contributed by atoms with Crippen molar-refractivity contribution < 1.29 is 14.3 Å². The molecule has 0 saturated heterocycles. The Morgan fingerprint density at radius 1 is 1.23 bits per heavy atom. The normalized spacial score (nSPS) is 10.6. The van der Waals surface area contributed by atoms with Crippen molar-refractivity contribution >= 4 is 61.4 Å². The Morgan fingerprint density at radius 3 is 2.58 bits per heavy atom. The van der Waals surface area contributed by atoms with E-state index in [1.807, 2.05) is 13.8 Å². The summed E-state index contributed by atoms with van der Waals surface area (Å²) in [4.78, 5) is 25.5. The second-order valence-electron chi connectivity index (χ2n) is 7.02. The topological polar surface area (TPSA) is 93.4 Å². The summed E-state index contributed by atoms with van der Waals surface area (Å²) in [6.45, 7) is 6.69. The first-order valence-corrected chi connectivity index (χ1v) is 12.3.